The molecule has 2 aromatic heterocycles. The van der Waals surface area contributed by atoms with Crippen molar-refractivity contribution in [3.8, 4) is 0 Å². The topological polar surface area (TPSA) is 71.3 Å². The minimum atomic E-state index is -0.111. The summed E-state index contributed by atoms with van der Waals surface area (Å²) >= 11 is 5.70. The standard InChI is InChI=1S/C14H15ClN4O2/c15-12-4-3-11(21-12)14(20)19-8-5-10(6-9-19)17-13-2-1-7-16-18-13/h1-4,7,10H,5-6,8-9H2,(H,17,18). The molecule has 6 nitrogen and oxygen atoms in total. The van der Waals surface area contributed by atoms with Gasteiger partial charge < -0.3 is 14.6 Å². The Morgan fingerprint density at radius 2 is 2.14 bits per heavy atom. The van der Waals surface area contributed by atoms with E-state index >= 15 is 0 Å². The highest BCUT2D eigenvalue weighted by Crippen LogP contribution is 2.19. The largest absolute Gasteiger partial charge is 0.440 e. The number of amides is 1. The third-order valence-electron chi connectivity index (χ3n) is 3.49. The monoisotopic (exact) mass is 306 g/mol. The van der Waals surface area contributed by atoms with E-state index < -0.39 is 0 Å². The molecule has 0 aliphatic carbocycles. The molecule has 0 atom stereocenters. The van der Waals surface area contributed by atoms with Gasteiger partial charge in [-0.1, -0.05) is 0 Å². The molecule has 3 heterocycles. The molecule has 0 spiro atoms. The molecule has 0 bridgehead atoms. The van der Waals surface area contributed by atoms with Gasteiger partial charge in [0, 0.05) is 25.3 Å². The summed E-state index contributed by atoms with van der Waals surface area (Å²) in [5.74, 6) is 0.945. The van der Waals surface area contributed by atoms with Crippen LogP contribution in [-0.4, -0.2) is 40.1 Å². The fourth-order valence-electron chi connectivity index (χ4n) is 2.40. The third kappa shape index (κ3) is 3.33. The molecule has 110 valence electrons. The van der Waals surface area contributed by atoms with Crippen molar-refractivity contribution in [2.45, 2.75) is 18.9 Å². The number of carbonyl (C=O) groups excluding carboxylic acids is 1. The molecule has 7 heteroatoms. The first-order chi connectivity index (χ1) is 10.2. The number of rotatable bonds is 3. The molecule has 0 unspecified atom stereocenters. The van der Waals surface area contributed by atoms with Gasteiger partial charge >= 0.3 is 0 Å². The van der Waals surface area contributed by atoms with Gasteiger partial charge in [0.05, 0.1) is 0 Å². The molecule has 1 saturated heterocycles. The zero-order valence-electron chi connectivity index (χ0n) is 11.3. The van der Waals surface area contributed by atoms with E-state index in [1.165, 1.54) is 0 Å². The summed E-state index contributed by atoms with van der Waals surface area (Å²) < 4.78 is 5.16. The summed E-state index contributed by atoms with van der Waals surface area (Å²) in [4.78, 5) is 14.0. The van der Waals surface area contributed by atoms with Gasteiger partial charge in [0.15, 0.2) is 11.0 Å². The van der Waals surface area contributed by atoms with Gasteiger partial charge in [-0.2, -0.15) is 5.10 Å². The fourth-order valence-corrected chi connectivity index (χ4v) is 2.55. The molecule has 1 amide bonds. The van der Waals surface area contributed by atoms with E-state index in [0.29, 0.717) is 24.9 Å². The number of hydrogen-bond acceptors (Lipinski definition) is 5. The van der Waals surface area contributed by atoms with Crippen molar-refractivity contribution in [3.05, 3.63) is 41.4 Å². The Hall–Kier alpha value is -2.08. The average molecular weight is 307 g/mol. The second-order valence-corrected chi connectivity index (χ2v) is 5.30. The third-order valence-corrected chi connectivity index (χ3v) is 3.69. The second kappa shape index (κ2) is 6.13. The Bertz CT molecular complexity index is 608. The molecule has 21 heavy (non-hydrogen) atoms. The van der Waals surface area contributed by atoms with Gasteiger partial charge in [-0.25, -0.2) is 0 Å². The lowest BCUT2D eigenvalue weighted by molar-refractivity contribution is 0.0686. The number of nitrogens with one attached hydrogen (secondary N) is 1. The summed E-state index contributed by atoms with van der Waals surface area (Å²) in [6.45, 7) is 1.35. The lowest BCUT2D eigenvalue weighted by Crippen LogP contribution is -2.42. The van der Waals surface area contributed by atoms with Crippen LogP contribution in [0.4, 0.5) is 5.82 Å². The highest BCUT2D eigenvalue weighted by atomic mass is 35.5. The van der Waals surface area contributed by atoms with Crippen molar-refractivity contribution < 1.29 is 9.21 Å². The molecule has 2 aromatic rings. The van der Waals surface area contributed by atoms with Crippen molar-refractivity contribution >= 4 is 23.3 Å². The summed E-state index contributed by atoms with van der Waals surface area (Å²) in [6.07, 6.45) is 3.36. The molecule has 3 rings (SSSR count). The van der Waals surface area contributed by atoms with Crippen molar-refractivity contribution in [1.29, 1.82) is 0 Å². The second-order valence-electron chi connectivity index (χ2n) is 4.92. The van der Waals surface area contributed by atoms with Gasteiger partial charge in [-0.05, 0) is 48.7 Å². The zero-order valence-corrected chi connectivity index (χ0v) is 12.1. The van der Waals surface area contributed by atoms with Gasteiger partial charge in [0.1, 0.15) is 5.82 Å². The van der Waals surface area contributed by atoms with E-state index in [1.54, 1.807) is 23.2 Å². The highest BCUT2D eigenvalue weighted by molar-refractivity contribution is 6.29. The summed E-state index contributed by atoms with van der Waals surface area (Å²) in [5, 5.41) is 11.4. The molecule has 0 saturated carbocycles. The number of furan rings is 1. The Labute approximate surface area is 127 Å². The maximum absolute atomic E-state index is 12.2. The smallest absolute Gasteiger partial charge is 0.289 e. The highest BCUT2D eigenvalue weighted by Gasteiger charge is 2.25. The quantitative estimate of drug-likeness (QED) is 0.943. The van der Waals surface area contributed by atoms with E-state index in [-0.39, 0.29) is 11.1 Å². The summed E-state index contributed by atoms with van der Waals surface area (Å²) in [5.41, 5.74) is 0. The van der Waals surface area contributed by atoms with Gasteiger partial charge in [0.25, 0.3) is 5.91 Å². The van der Waals surface area contributed by atoms with Crippen LogP contribution in [0.1, 0.15) is 23.4 Å². The van der Waals surface area contributed by atoms with Gasteiger partial charge in [-0.3, -0.25) is 4.79 Å². The van der Waals surface area contributed by atoms with Crippen molar-refractivity contribution in [3.63, 3.8) is 0 Å². The number of anilines is 1. The van der Waals surface area contributed by atoms with Crippen LogP contribution in [0.15, 0.2) is 34.9 Å². The molecule has 1 aliphatic heterocycles. The van der Waals surface area contributed by atoms with Crippen molar-refractivity contribution in [2.75, 3.05) is 18.4 Å². The first kappa shape index (κ1) is 13.9. The van der Waals surface area contributed by atoms with E-state index in [0.717, 1.165) is 18.7 Å². The predicted molar refractivity (Wildman–Crippen MR) is 78.3 cm³/mol. The maximum atomic E-state index is 12.2. The van der Waals surface area contributed by atoms with Crippen LogP contribution < -0.4 is 5.32 Å². The van der Waals surface area contributed by atoms with Gasteiger partial charge in [0.2, 0.25) is 0 Å². The number of aromatic nitrogens is 2. The molecule has 1 fully saturated rings. The van der Waals surface area contributed by atoms with Crippen molar-refractivity contribution in [2.24, 2.45) is 0 Å². The van der Waals surface area contributed by atoms with Crippen LogP contribution in [0.5, 0.6) is 0 Å². The number of halogens is 1. The molecule has 0 radical (unpaired) electrons. The van der Waals surface area contributed by atoms with E-state index in [1.807, 2.05) is 12.1 Å². The number of piperidine rings is 1. The minimum absolute atomic E-state index is 0.111. The minimum Gasteiger partial charge on any atom is -0.440 e. The first-order valence-corrected chi connectivity index (χ1v) is 7.19. The molecular formula is C14H15ClN4O2. The predicted octanol–water partition coefficient (Wildman–Crippen LogP) is 2.44. The Morgan fingerprint density at radius 1 is 1.33 bits per heavy atom. The molecule has 0 aromatic carbocycles. The maximum Gasteiger partial charge on any atom is 0.289 e. The summed E-state index contributed by atoms with van der Waals surface area (Å²) in [6, 6.07) is 7.21. The summed E-state index contributed by atoms with van der Waals surface area (Å²) in [7, 11) is 0. The molecule has 1 N–H and O–H groups in total. The fraction of sp³-hybridized carbons (Fsp3) is 0.357. The van der Waals surface area contributed by atoms with E-state index in [9.17, 15) is 4.79 Å². The van der Waals surface area contributed by atoms with Crippen LogP contribution in [0.3, 0.4) is 0 Å². The normalized spacial score (nSPS) is 16.0. The van der Waals surface area contributed by atoms with Crippen molar-refractivity contribution in [1.82, 2.24) is 15.1 Å². The number of carbonyl (C=O) groups is 1. The van der Waals surface area contributed by atoms with Crippen LogP contribution in [-0.2, 0) is 0 Å². The number of likely N-dealkylation sites (tertiary alicyclic amines) is 1. The molecular weight excluding hydrogens is 292 g/mol. The average Bonchev–Trinajstić information content (AvgIpc) is 2.95. The Balaban J connectivity index is 1.54. The Kier molecular flexibility index (Phi) is 4.06. The van der Waals surface area contributed by atoms with Crippen LogP contribution in [0, 0.1) is 0 Å². The number of nitrogens with zero attached hydrogens (tertiary/aromatic N) is 3. The first-order valence-electron chi connectivity index (χ1n) is 6.81. The zero-order chi connectivity index (χ0) is 14.7. The SMILES string of the molecule is O=C(c1ccc(Cl)o1)N1CCC(Nc2cccnn2)CC1. The van der Waals surface area contributed by atoms with E-state index in [2.05, 4.69) is 15.5 Å². The van der Waals surface area contributed by atoms with Crippen LogP contribution >= 0.6 is 11.6 Å². The lowest BCUT2D eigenvalue weighted by atomic mass is 10.0. The van der Waals surface area contributed by atoms with Crippen LogP contribution in [0.25, 0.3) is 0 Å². The van der Waals surface area contributed by atoms with Gasteiger partial charge in [-0.15, -0.1) is 5.10 Å². The lowest BCUT2D eigenvalue weighted by Gasteiger charge is -2.32. The number of hydrogen-bond donors (Lipinski definition) is 1. The van der Waals surface area contributed by atoms with Crippen LogP contribution in [0.2, 0.25) is 5.22 Å². The van der Waals surface area contributed by atoms with E-state index in [4.69, 9.17) is 16.0 Å². The molecule has 1 aliphatic rings. The Morgan fingerprint density at radius 3 is 2.76 bits per heavy atom.